The summed E-state index contributed by atoms with van der Waals surface area (Å²) in [5.41, 5.74) is 1.01. The van der Waals surface area contributed by atoms with Crippen LogP contribution in [-0.2, 0) is 29.0 Å². The molecule has 0 saturated heterocycles. The number of guanidine groups is 1. The summed E-state index contributed by atoms with van der Waals surface area (Å²) >= 11 is 6.11. The van der Waals surface area contributed by atoms with Crippen molar-refractivity contribution in [2.24, 2.45) is 4.99 Å². The van der Waals surface area contributed by atoms with E-state index < -0.39 is 0 Å². The third-order valence-corrected chi connectivity index (χ3v) is 5.02. The van der Waals surface area contributed by atoms with Gasteiger partial charge in [0.05, 0.1) is 13.1 Å². The molecule has 0 aliphatic carbocycles. The van der Waals surface area contributed by atoms with E-state index in [1.165, 1.54) is 0 Å². The number of hydrogen-bond acceptors (Lipinski definition) is 5. The molecular formula is C20H29ClN6O2. The average Bonchev–Trinajstić information content (AvgIpc) is 3.10. The Hall–Kier alpha value is -2.16. The van der Waals surface area contributed by atoms with E-state index in [1.54, 1.807) is 14.2 Å². The lowest BCUT2D eigenvalue weighted by Gasteiger charge is -2.25. The fourth-order valence-electron chi connectivity index (χ4n) is 3.38. The molecule has 3 rings (SSSR count). The molecule has 2 N–H and O–H groups in total. The SMILES string of the molecule is CCNC(=NCC(OC)c1cccc(Cl)c1)NC1CCc2nc(COC)nn2C1. The van der Waals surface area contributed by atoms with Crippen LogP contribution in [0.2, 0.25) is 5.02 Å². The largest absolute Gasteiger partial charge is 0.377 e. The van der Waals surface area contributed by atoms with Crippen LogP contribution in [0.5, 0.6) is 0 Å². The van der Waals surface area contributed by atoms with Gasteiger partial charge in [-0.2, -0.15) is 5.10 Å². The molecule has 9 heteroatoms. The van der Waals surface area contributed by atoms with Crippen molar-refractivity contribution in [3.63, 3.8) is 0 Å². The Morgan fingerprint density at radius 3 is 3.00 bits per heavy atom. The maximum Gasteiger partial charge on any atom is 0.191 e. The number of benzene rings is 1. The summed E-state index contributed by atoms with van der Waals surface area (Å²) in [5, 5.41) is 12.1. The van der Waals surface area contributed by atoms with E-state index in [9.17, 15) is 0 Å². The number of nitrogens with one attached hydrogen (secondary N) is 2. The third kappa shape index (κ3) is 5.91. The standard InChI is InChI=1S/C20H29ClN6O2/c1-4-22-20(23-11-17(29-3)14-6-5-7-15(21)10-14)24-16-8-9-19-25-18(13-28-2)26-27(19)12-16/h5-7,10,16-17H,4,8-9,11-13H2,1-3H3,(H2,22,23,24). The molecule has 0 saturated carbocycles. The molecule has 2 heterocycles. The minimum absolute atomic E-state index is 0.158. The van der Waals surface area contributed by atoms with Crippen molar-refractivity contribution in [3.8, 4) is 0 Å². The van der Waals surface area contributed by atoms with Gasteiger partial charge in [0, 0.05) is 38.2 Å². The number of ether oxygens (including phenoxy) is 2. The second-order valence-corrected chi connectivity index (χ2v) is 7.37. The van der Waals surface area contributed by atoms with Gasteiger partial charge in [0.2, 0.25) is 0 Å². The zero-order valence-corrected chi connectivity index (χ0v) is 17.9. The number of nitrogens with zero attached hydrogens (tertiary/aromatic N) is 4. The number of rotatable bonds is 8. The Bertz CT molecular complexity index is 825. The first-order chi connectivity index (χ1) is 14.1. The summed E-state index contributed by atoms with van der Waals surface area (Å²) in [6.45, 7) is 4.50. The van der Waals surface area contributed by atoms with Crippen LogP contribution >= 0.6 is 11.6 Å². The Labute approximate surface area is 176 Å². The van der Waals surface area contributed by atoms with E-state index in [1.807, 2.05) is 28.9 Å². The fraction of sp³-hybridized carbons (Fsp3) is 0.550. The Balaban J connectivity index is 1.64. The maximum absolute atomic E-state index is 6.11. The predicted molar refractivity (Wildman–Crippen MR) is 113 cm³/mol. The van der Waals surface area contributed by atoms with Crippen LogP contribution in [0.3, 0.4) is 0 Å². The van der Waals surface area contributed by atoms with Gasteiger partial charge < -0.3 is 20.1 Å². The Morgan fingerprint density at radius 2 is 2.28 bits per heavy atom. The second kappa shape index (κ2) is 10.6. The quantitative estimate of drug-likeness (QED) is 0.503. The highest BCUT2D eigenvalue weighted by atomic mass is 35.5. The number of methoxy groups -OCH3 is 2. The molecule has 0 amide bonds. The van der Waals surface area contributed by atoms with Crippen LogP contribution in [0.1, 0.15) is 36.7 Å². The highest BCUT2D eigenvalue weighted by Gasteiger charge is 2.22. The minimum atomic E-state index is -0.158. The molecule has 2 unspecified atom stereocenters. The molecule has 2 aromatic rings. The molecule has 1 aromatic heterocycles. The van der Waals surface area contributed by atoms with Crippen LogP contribution in [-0.4, -0.2) is 54.1 Å². The molecule has 29 heavy (non-hydrogen) atoms. The van der Waals surface area contributed by atoms with Crippen molar-refractivity contribution in [1.82, 2.24) is 25.4 Å². The minimum Gasteiger partial charge on any atom is -0.377 e. The van der Waals surface area contributed by atoms with E-state index in [4.69, 9.17) is 26.1 Å². The number of hydrogen-bond donors (Lipinski definition) is 2. The average molecular weight is 421 g/mol. The second-order valence-electron chi connectivity index (χ2n) is 6.94. The van der Waals surface area contributed by atoms with Crippen LogP contribution in [0.25, 0.3) is 0 Å². The summed E-state index contributed by atoms with van der Waals surface area (Å²) in [5.74, 6) is 2.51. The van der Waals surface area contributed by atoms with Crippen molar-refractivity contribution in [2.75, 3.05) is 27.3 Å². The van der Waals surface area contributed by atoms with Crippen LogP contribution < -0.4 is 10.6 Å². The third-order valence-electron chi connectivity index (χ3n) is 4.78. The van der Waals surface area contributed by atoms with Crippen molar-refractivity contribution < 1.29 is 9.47 Å². The number of aliphatic imine (C=N–C) groups is 1. The molecule has 1 aliphatic rings. The predicted octanol–water partition coefficient (Wildman–Crippen LogP) is 2.34. The van der Waals surface area contributed by atoms with Gasteiger partial charge >= 0.3 is 0 Å². The lowest BCUT2D eigenvalue weighted by Crippen LogP contribution is -2.47. The van der Waals surface area contributed by atoms with Crippen molar-refractivity contribution in [2.45, 2.75) is 45.1 Å². The van der Waals surface area contributed by atoms with E-state index in [0.717, 1.165) is 49.1 Å². The fourth-order valence-corrected chi connectivity index (χ4v) is 3.58. The summed E-state index contributed by atoms with van der Waals surface area (Å²) in [7, 11) is 3.34. The zero-order chi connectivity index (χ0) is 20.6. The van der Waals surface area contributed by atoms with E-state index in [0.29, 0.717) is 18.2 Å². The van der Waals surface area contributed by atoms with Crippen LogP contribution in [0.15, 0.2) is 29.3 Å². The number of fused-ring (bicyclic) bond motifs is 1. The Kier molecular flexibility index (Phi) is 7.85. The highest BCUT2D eigenvalue weighted by Crippen LogP contribution is 2.21. The van der Waals surface area contributed by atoms with Gasteiger partial charge in [-0.1, -0.05) is 23.7 Å². The summed E-state index contributed by atoms with van der Waals surface area (Å²) in [4.78, 5) is 9.26. The molecule has 1 aliphatic heterocycles. The molecule has 0 spiro atoms. The van der Waals surface area contributed by atoms with Gasteiger partial charge in [-0.05, 0) is 31.0 Å². The van der Waals surface area contributed by atoms with Crippen molar-refractivity contribution >= 4 is 17.6 Å². The van der Waals surface area contributed by atoms with Gasteiger partial charge in [0.15, 0.2) is 11.8 Å². The van der Waals surface area contributed by atoms with Gasteiger partial charge in [-0.15, -0.1) is 0 Å². The molecule has 2 atom stereocenters. The van der Waals surface area contributed by atoms with Gasteiger partial charge in [0.1, 0.15) is 18.5 Å². The normalized spacial score (nSPS) is 17.7. The maximum atomic E-state index is 6.11. The lowest BCUT2D eigenvalue weighted by atomic mass is 10.1. The highest BCUT2D eigenvalue weighted by molar-refractivity contribution is 6.30. The zero-order valence-electron chi connectivity index (χ0n) is 17.2. The van der Waals surface area contributed by atoms with E-state index in [-0.39, 0.29) is 12.1 Å². The smallest absolute Gasteiger partial charge is 0.191 e. The summed E-state index contributed by atoms with van der Waals surface area (Å²) < 4.78 is 12.7. The van der Waals surface area contributed by atoms with Gasteiger partial charge in [0.25, 0.3) is 0 Å². The Morgan fingerprint density at radius 1 is 1.41 bits per heavy atom. The molecule has 8 nitrogen and oxygen atoms in total. The first kappa shape index (κ1) is 21.5. The summed E-state index contributed by atoms with van der Waals surface area (Å²) in [6.07, 6.45) is 1.68. The number of halogens is 1. The van der Waals surface area contributed by atoms with Gasteiger partial charge in [-0.3, -0.25) is 4.99 Å². The molecular weight excluding hydrogens is 392 g/mol. The van der Waals surface area contributed by atoms with Crippen LogP contribution in [0.4, 0.5) is 0 Å². The molecule has 1 aromatic carbocycles. The molecule has 0 bridgehead atoms. The lowest BCUT2D eigenvalue weighted by molar-refractivity contribution is 0.111. The number of aryl methyl sites for hydroxylation is 1. The summed E-state index contributed by atoms with van der Waals surface area (Å²) in [6, 6.07) is 7.92. The molecule has 0 radical (unpaired) electrons. The topological polar surface area (TPSA) is 85.6 Å². The first-order valence-corrected chi connectivity index (χ1v) is 10.2. The number of aromatic nitrogens is 3. The van der Waals surface area contributed by atoms with E-state index >= 15 is 0 Å². The van der Waals surface area contributed by atoms with E-state index in [2.05, 4.69) is 27.6 Å². The molecule has 158 valence electrons. The first-order valence-electron chi connectivity index (χ1n) is 9.87. The molecule has 0 fully saturated rings. The van der Waals surface area contributed by atoms with Crippen LogP contribution in [0, 0.1) is 0 Å². The van der Waals surface area contributed by atoms with Crippen molar-refractivity contribution in [3.05, 3.63) is 46.5 Å². The monoisotopic (exact) mass is 420 g/mol. The van der Waals surface area contributed by atoms with Crippen molar-refractivity contribution in [1.29, 1.82) is 0 Å². The van der Waals surface area contributed by atoms with Gasteiger partial charge in [-0.25, -0.2) is 9.67 Å².